The molecule has 2 aliphatic heterocycles. The predicted octanol–water partition coefficient (Wildman–Crippen LogP) is 4.10. The highest BCUT2D eigenvalue weighted by molar-refractivity contribution is 7.89. The van der Waals surface area contributed by atoms with Crippen molar-refractivity contribution in [2.45, 2.75) is 56.3 Å². The van der Waals surface area contributed by atoms with E-state index in [0.29, 0.717) is 44.8 Å². The first-order chi connectivity index (χ1) is 18.0. The number of amides is 1. The Morgan fingerprint density at radius 2 is 1.51 bits per heavy atom. The highest BCUT2D eigenvalue weighted by atomic mass is 32.2. The van der Waals surface area contributed by atoms with E-state index in [-0.39, 0.29) is 10.8 Å². The standard InChI is InChI=1S/C27H33N5O3S2/c33-27(20-9-11-21(12-10-20)37(34,35)32-13-5-1-2-6-14-32)31-17-15-30(16-18-31)25-24-22-7-3-4-8-23(22)36-26(24)29-19-28-25/h9-12,19H,1-8,13-18H2. The third-order valence-corrected chi connectivity index (χ3v) is 11.0. The summed E-state index contributed by atoms with van der Waals surface area (Å²) < 4.78 is 27.7. The molecule has 3 aromatic rings. The number of carbonyl (C=O) groups excluding carboxylic acids is 1. The highest BCUT2D eigenvalue weighted by Gasteiger charge is 2.28. The number of carbonyl (C=O) groups is 1. The summed E-state index contributed by atoms with van der Waals surface area (Å²) in [6.45, 7) is 3.77. The average molecular weight is 540 g/mol. The number of piperazine rings is 1. The SMILES string of the molecule is O=C(c1ccc(S(=O)(=O)N2CCCCCC2)cc1)N1CCN(c2ncnc3sc4c(c23)CCCC4)CC1. The minimum atomic E-state index is -3.52. The van der Waals surface area contributed by atoms with Gasteiger partial charge in [0.15, 0.2) is 0 Å². The van der Waals surface area contributed by atoms with Crippen LogP contribution in [-0.4, -0.2) is 72.8 Å². The van der Waals surface area contributed by atoms with Gasteiger partial charge < -0.3 is 9.80 Å². The average Bonchev–Trinajstić information content (AvgIpc) is 3.10. The molecule has 10 heteroatoms. The molecule has 1 aliphatic carbocycles. The molecule has 196 valence electrons. The summed E-state index contributed by atoms with van der Waals surface area (Å²) in [7, 11) is -3.52. The molecule has 8 nitrogen and oxygen atoms in total. The minimum absolute atomic E-state index is 0.0564. The van der Waals surface area contributed by atoms with Crippen molar-refractivity contribution in [2.24, 2.45) is 0 Å². The van der Waals surface area contributed by atoms with Crippen LogP contribution in [0.2, 0.25) is 0 Å². The molecule has 0 radical (unpaired) electrons. The largest absolute Gasteiger partial charge is 0.352 e. The molecule has 2 fully saturated rings. The van der Waals surface area contributed by atoms with Crippen molar-refractivity contribution in [2.75, 3.05) is 44.2 Å². The van der Waals surface area contributed by atoms with Gasteiger partial charge in [-0.1, -0.05) is 12.8 Å². The Bertz CT molecular complexity index is 1390. The number of thiophene rings is 1. The van der Waals surface area contributed by atoms with Gasteiger partial charge in [-0.25, -0.2) is 18.4 Å². The van der Waals surface area contributed by atoms with E-state index >= 15 is 0 Å². The van der Waals surface area contributed by atoms with Crippen molar-refractivity contribution in [3.8, 4) is 0 Å². The lowest BCUT2D eigenvalue weighted by molar-refractivity contribution is 0.0746. The lowest BCUT2D eigenvalue weighted by Gasteiger charge is -2.36. The molecule has 0 saturated carbocycles. The summed E-state index contributed by atoms with van der Waals surface area (Å²) in [5.41, 5.74) is 1.95. The Morgan fingerprint density at radius 1 is 0.811 bits per heavy atom. The first-order valence-electron chi connectivity index (χ1n) is 13.4. The maximum atomic E-state index is 13.2. The van der Waals surface area contributed by atoms with Gasteiger partial charge >= 0.3 is 0 Å². The third kappa shape index (κ3) is 4.75. The lowest BCUT2D eigenvalue weighted by atomic mass is 9.97. The van der Waals surface area contributed by atoms with Gasteiger partial charge in [0.1, 0.15) is 17.0 Å². The Balaban J connectivity index is 1.14. The van der Waals surface area contributed by atoms with Crippen LogP contribution in [0.1, 0.15) is 59.3 Å². The van der Waals surface area contributed by atoms with E-state index in [0.717, 1.165) is 49.2 Å². The van der Waals surface area contributed by atoms with Crippen LogP contribution in [0, 0.1) is 0 Å². The van der Waals surface area contributed by atoms with Crippen molar-refractivity contribution in [3.05, 3.63) is 46.6 Å². The highest BCUT2D eigenvalue weighted by Crippen LogP contribution is 2.39. The van der Waals surface area contributed by atoms with Crippen molar-refractivity contribution in [1.29, 1.82) is 0 Å². The number of hydrogen-bond donors (Lipinski definition) is 0. The van der Waals surface area contributed by atoms with Crippen LogP contribution in [0.3, 0.4) is 0 Å². The molecular weight excluding hydrogens is 506 g/mol. The number of hydrogen-bond acceptors (Lipinski definition) is 7. The zero-order chi connectivity index (χ0) is 25.4. The molecule has 6 rings (SSSR count). The van der Waals surface area contributed by atoms with Gasteiger partial charge in [0, 0.05) is 49.7 Å². The number of sulfonamides is 1. The van der Waals surface area contributed by atoms with Gasteiger partial charge in [-0.15, -0.1) is 11.3 Å². The Labute approximate surface area is 222 Å². The number of aromatic nitrogens is 2. The quantitative estimate of drug-likeness (QED) is 0.496. The van der Waals surface area contributed by atoms with E-state index in [2.05, 4.69) is 14.9 Å². The monoisotopic (exact) mass is 539 g/mol. The zero-order valence-electron chi connectivity index (χ0n) is 21.1. The van der Waals surface area contributed by atoms with E-state index in [4.69, 9.17) is 0 Å². The van der Waals surface area contributed by atoms with Crippen LogP contribution in [0.5, 0.6) is 0 Å². The van der Waals surface area contributed by atoms with Gasteiger partial charge in [-0.05, 0) is 68.4 Å². The molecule has 2 aromatic heterocycles. The Hall–Kier alpha value is -2.56. The summed E-state index contributed by atoms with van der Waals surface area (Å²) in [4.78, 5) is 29.4. The van der Waals surface area contributed by atoms with Crippen LogP contribution in [0.25, 0.3) is 10.2 Å². The van der Waals surface area contributed by atoms with Crippen molar-refractivity contribution >= 4 is 43.3 Å². The summed E-state index contributed by atoms with van der Waals surface area (Å²) in [5, 5.41) is 1.21. The molecule has 0 atom stereocenters. The topological polar surface area (TPSA) is 86.7 Å². The van der Waals surface area contributed by atoms with Crippen molar-refractivity contribution in [1.82, 2.24) is 19.2 Å². The Morgan fingerprint density at radius 3 is 2.24 bits per heavy atom. The lowest BCUT2D eigenvalue weighted by Crippen LogP contribution is -2.49. The maximum Gasteiger partial charge on any atom is 0.253 e. The van der Waals surface area contributed by atoms with E-state index in [1.807, 2.05) is 4.90 Å². The number of rotatable bonds is 4. The fraction of sp³-hybridized carbons (Fsp3) is 0.519. The second kappa shape index (κ2) is 10.3. The van der Waals surface area contributed by atoms with E-state index in [9.17, 15) is 13.2 Å². The molecule has 1 amide bonds. The summed E-state index contributed by atoms with van der Waals surface area (Å²) in [6, 6.07) is 6.48. The smallest absolute Gasteiger partial charge is 0.253 e. The zero-order valence-corrected chi connectivity index (χ0v) is 22.7. The first kappa shape index (κ1) is 24.8. The van der Waals surface area contributed by atoms with Gasteiger partial charge in [0.2, 0.25) is 10.0 Å². The molecule has 37 heavy (non-hydrogen) atoms. The second-order valence-corrected chi connectivity index (χ2v) is 13.2. The molecular formula is C27H33N5O3S2. The number of fused-ring (bicyclic) bond motifs is 3. The molecule has 0 bridgehead atoms. The van der Waals surface area contributed by atoms with Gasteiger partial charge in [0.25, 0.3) is 5.91 Å². The predicted molar refractivity (Wildman–Crippen MR) is 146 cm³/mol. The number of benzene rings is 1. The fourth-order valence-electron chi connectivity index (χ4n) is 5.82. The molecule has 2 saturated heterocycles. The maximum absolute atomic E-state index is 13.2. The van der Waals surface area contributed by atoms with E-state index in [1.165, 1.54) is 28.7 Å². The van der Waals surface area contributed by atoms with E-state index in [1.54, 1.807) is 46.2 Å². The summed E-state index contributed by atoms with van der Waals surface area (Å²) in [5.74, 6) is 0.943. The molecule has 3 aliphatic rings. The molecule has 1 aromatic carbocycles. The van der Waals surface area contributed by atoms with Crippen molar-refractivity contribution < 1.29 is 13.2 Å². The third-order valence-electron chi connectivity index (χ3n) is 7.90. The van der Waals surface area contributed by atoms with Crippen LogP contribution < -0.4 is 4.90 Å². The molecule has 0 spiro atoms. The van der Waals surface area contributed by atoms with Gasteiger partial charge in [-0.3, -0.25) is 4.79 Å². The van der Waals surface area contributed by atoms with Gasteiger partial charge in [0.05, 0.1) is 10.3 Å². The molecule has 4 heterocycles. The van der Waals surface area contributed by atoms with Crippen LogP contribution in [0.15, 0.2) is 35.5 Å². The van der Waals surface area contributed by atoms with Crippen LogP contribution in [0.4, 0.5) is 5.82 Å². The Kier molecular flexibility index (Phi) is 6.89. The van der Waals surface area contributed by atoms with Crippen LogP contribution >= 0.6 is 11.3 Å². The number of aryl methyl sites for hydroxylation is 2. The number of nitrogens with zero attached hydrogens (tertiary/aromatic N) is 5. The fourth-order valence-corrected chi connectivity index (χ4v) is 8.56. The molecule has 0 unspecified atom stereocenters. The second-order valence-electron chi connectivity index (χ2n) is 10.2. The van der Waals surface area contributed by atoms with Crippen LogP contribution in [-0.2, 0) is 22.9 Å². The minimum Gasteiger partial charge on any atom is -0.352 e. The molecule has 0 N–H and O–H groups in total. The number of anilines is 1. The van der Waals surface area contributed by atoms with Crippen molar-refractivity contribution in [3.63, 3.8) is 0 Å². The normalized spacial score (nSPS) is 19.6. The first-order valence-corrected chi connectivity index (χ1v) is 15.7. The van der Waals surface area contributed by atoms with Gasteiger partial charge in [-0.2, -0.15) is 4.31 Å². The summed E-state index contributed by atoms with van der Waals surface area (Å²) in [6.07, 6.45) is 10.3. The summed E-state index contributed by atoms with van der Waals surface area (Å²) >= 11 is 1.81. The van der Waals surface area contributed by atoms with E-state index < -0.39 is 10.0 Å².